The number of rotatable bonds is 16. The maximum atomic E-state index is 10.3. The van der Waals surface area contributed by atoms with Crippen LogP contribution >= 0.6 is 0 Å². The van der Waals surface area contributed by atoms with E-state index in [1.807, 2.05) is 0 Å². The van der Waals surface area contributed by atoms with E-state index in [2.05, 4.69) is 16.7 Å². The molecule has 0 saturated carbocycles. The molecular formula is C24H48N2O2. The number of unbranched alkanes of at least 4 members (excludes halogenated alkanes) is 14. The van der Waals surface area contributed by atoms with Crippen LogP contribution in [0.25, 0.3) is 0 Å². The molecule has 0 aromatic heterocycles. The standard InChI is InChI=1S/C18H36O2.C6H12N2/c1-2-3-4-5-6-7-8-9-10-11-12-13-14-15-16-17-18(19)20;1-2-8-5-3-7(1)4-6-8/h2-17H2,1H3,(H,19,20);1-6H2. The highest BCUT2D eigenvalue weighted by Gasteiger charge is 2.21. The maximum absolute atomic E-state index is 10.3. The van der Waals surface area contributed by atoms with E-state index in [0.29, 0.717) is 6.42 Å². The summed E-state index contributed by atoms with van der Waals surface area (Å²) in [7, 11) is 0. The Kier molecular flexibility index (Phi) is 16.7. The molecule has 2 bridgehead atoms. The van der Waals surface area contributed by atoms with Crippen molar-refractivity contribution in [2.24, 2.45) is 0 Å². The molecule has 166 valence electrons. The molecule has 0 amide bonds. The third-order valence-electron chi connectivity index (χ3n) is 6.19. The number of carboxylic acid groups (broad SMARTS) is 1. The van der Waals surface area contributed by atoms with Gasteiger partial charge in [0.2, 0.25) is 0 Å². The summed E-state index contributed by atoms with van der Waals surface area (Å²) in [4.78, 5) is 15.4. The van der Waals surface area contributed by atoms with E-state index in [1.165, 1.54) is 123 Å². The van der Waals surface area contributed by atoms with Crippen LogP contribution in [0.3, 0.4) is 0 Å². The third kappa shape index (κ3) is 15.3. The Bertz CT molecular complexity index is 331. The molecule has 3 rings (SSSR count). The zero-order chi connectivity index (χ0) is 20.3. The second-order valence-corrected chi connectivity index (χ2v) is 8.78. The van der Waals surface area contributed by atoms with Gasteiger partial charge in [0.15, 0.2) is 0 Å². The Labute approximate surface area is 175 Å². The van der Waals surface area contributed by atoms with Crippen LogP contribution in [0, 0.1) is 0 Å². The van der Waals surface area contributed by atoms with Crippen molar-refractivity contribution in [1.29, 1.82) is 0 Å². The van der Waals surface area contributed by atoms with Crippen LogP contribution in [0.1, 0.15) is 110 Å². The molecule has 28 heavy (non-hydrogen) atoms. The van der Waals surface area contributed by atoms with Gasteiger partial charge in [0.05, 0.1) is 0 Å². The Morgan fingerprint density at radius 2 is 0.857 bits per heavy atom. The molecule has 3 saturated heterocycles. The molecule has 0 spiro atoms. The maximum Gasteiger partial charge on any atom is 0.303 e. The normalized spacial score (nSPS) is 20.6. The van der Waals surface area contributed by atoms with Gasteiger partial charge in [-0.05, 0) is 6.42 Å². The smallest absolute Gasteiger partial charge is 0.303 e. The minimum absolute atomic E-state index is 0.345. The lowest BCUT2D eigenvalue weighted by Gasteiger charge is -2.41. The van der Waals surface area contributed by atoms with E-state index in [0.717, 1.165) is 12.8 Å². The lowest BCUT2D eigenvalue weighted by Crippen LogP contribution is -2.55. The van der Waals surface area contributed by atoms with Crippen LogP contribution in [0.5, 0.6) is 0 Å². The molecule has 0 aliphatic carbocycles. The predicted molar refractivity (Wildman–Crippen MR) is 120 cm³/mol. The quantitative estimate of drug-likeness (QED) is 0.327. The fraction of sp³-hybridized carbons (Fsp3) is 0.958. The molecule has 0 atom stereocenters. The molecular weight excluding hydrogens is 348 g/mol. The Morgan fingerprint density at radius 1 is 0.571 bits per heavy atom. The summed E-state index contributed by atoms with van der Waals surface area (Å²) >= 11 is 0. The van der Waals surface area contributed by atoms with E-state index in [1.54, 1.807) is 0 Å². The van der Waals surface area contributed by atoms with Crippen molar-refractivity contribution in [3.8, 4) is 0 Å². The highest BCUT2D eigenvalue weighted by atomic mass is 16.4. The number of fused-ring (bicyclic) bond motifs is 3. The van der Waals surface area contributed by atoms with Gasteiger partial charge in [-0.2, -0.15) is 0 Å². The summed E-state index contributed by atoms with van der Waals surface area (Å²) in [5.74, 6) is -0.653. The van der Waals surface area contributed by atoms with Crippen LogP contribution in [0.15, 0.2) is 0 Å². The number of carbonyl (C=O) groups is 1. The first-order chi connectivity index (χ1) is 13.7. The SMILES string of the molecule is C1CN2CCN1CC2.CCCCCCCCCCCCCCCCCC(=O)O. The molecule has 0 radical (unpaired) electrons. The largest absolute Gasteiger partial charge is 0.481 e. The number of aliphatic carboxylic acids is 1. The van der Waals surface area contributed by atoms with E-state index in [9.17, 15) is 4.79 Å². The highest BCUT2D eigenvalue weighted by Crippen LogP contribution is 2.13. The van der Waals surface area contributed by atoms with Crippen LogP contribution in [0.4, 0.5) is 0 Å². The second kappa shape index (κ2) is 18.4. The fourth-order valence-corrected chi connectivity index (χ4v) is 4.17. The van der Waals surface area contributed by atoms with Crippen molar-refractivity contribution < 1.29 is 9.90 Å². The van der Waals surface area contributed by atoms with E-state index in [4.69, 9.17) is 5.11 Å². The summed E-state index contributed by atoms with van der Waals surface area (Å²) in [5, 5.41) is 8.52. The van der Waals surface area contributed by atoms with Crippen molar-refractivity contribution in [3.63, 3.8) is 0 Å². The van der Waals surface area contributed by atoms with E-state index in [-0.39, 0.29) is 0 Å². The van der Waals surface area contributed by atoms with Crippen LogP contribution < -0.4 is 0 Å². The van der Waals surface area contributed by atoms with Gasteiger partial charge >= 0.3 is 5.97 Å². The number of carboxylic acids is 1. The third-order valence-corrected chi connectivity index (χ3v) is 6.19. The summed E-state index contributed by atoms with van der Waals surface area (Å²) in [6.45, 7) is 10.2. The lowest BCUT2D eigenvalue weighted by atomic mass is 10.0. The van der Waals surface area contributed by atoms with Crippen molar-refractivity contribution in [3.05, 3.63) is 0 Å². The molecule has 3 heterocycles. The minimum Gasteiger partial charge on any atom is -0.481 e. The fourth-order valence-electron chi connectivity index (χ4n) is 4.17. The summed E-state index contributed by atoms with van der Waals surface area (Å²) in [6.07, 6.45) is 20.2. The van der Waals surface area contributed by atoms with Gasteiger partial charge in [0.25, 0.3) is 0 Å². The number of nitrogens with zero attached hydrogens (tertiary/aromatic N) is 2. The van der Waals surface area contributed by atoms with Gasteiger partial charge in [-0.1, -0.05) is 96.8 Å². The molecule has 3 fully saturated rings. The average Bonchev–Trinajstić information content (AvgIpc) is 2.72. The number of hydrogen-bond acceptors (Lipinski definition) is 3. The number of piperazine rings is 3. The Balaban J connectivity index is 0.000000395. The monoisotopic (exact) mass is 396 g/mol. The van der Waals surface area contributed by atoms with Crippen LogP contribution in [-0.4, -0.2) is 60.1 Å². The molecule has 4 nitrogen and oxygen atoms in total. The van der Waals surface area contributed by atoms with Gasteiger partial charge in [-0.25, -0.2) is 0 Å². The van der Waals surface area contributed by atoms with Crippen LogP contribution in [-0.2, 0) is 4.79 Å². The molecule has 3 aliphatic heterocycles. The molecule has 0 aromatic rings. The molecule has 3 aliphatic rings. The first-order valence-electron chi connectivity index (χ1n) is 12.4. The predicted octanol–water partition coefficient (Wildman–Crippen LogP) is 5.95. The Morgan fingerprint density at radius 3 is 1.11 bits per heavy atom. The topological polar surface area (TPSA) is 43.8 Å². The first-order valence-corrected chi connectivity index (χ1v) is 12.4. The van der Waals surface area contributed by atoms with Gasteiger partial charge in [-0.15, -0.1) is 0 Å². The van der Waals surface area contributed by atoms with Gasteiger partial charge in [0.1, 0.15) is 0 Å². The molecule has 0 unspecified atom stereocenters. The first kappa shape index (κ1) is 25.4. The highest BCUT2D eigenvalue weighted by molar-refractivity contribution is 5.66. The zero-order valence-electron chi connectivity index (χ0n) is 18.8. The summed E-state index contributed by atoms with van der Waals surface area (Å²) < 4.78 is 0. The molecule has 4 heteroatoms. The molecule has 1 N–H and O–H groups in total. The molecule has 0 aromatic carbocycles. The lowest BCUT2D eigenvalue weighted by molar-refractivity contribution is -0.137. The van der Waals surface area contributed by atoms with Crippen molar-refractivity contribution in [2.45, 2.75) is 110 Å². The van der Waals surface area contributed by atoms with Crippen molar-refractivity contribution in [1.82, 2.24) is 9.80 Å². The average molecular weight is 397 g/mol. The minimum atomic E-state index is -0.653. The van der Waals surface area contributed by atoms with Gasteiger partial charge < -0.3 is 5.11 Å². The van der Waals surface area contributed by atoms with Crippen LogP contribution in [0.2, 0.25) is 0 Å². The second-order valence-electron chi connectivity index (χ2n) is 8.78. The van der Waals surface area contributed by atoms with Gasteiger partial charge in [-0.3, -0.25) is 14.6 Å². The summed E-state index contributed by atoms with van der Waals surface area (Å²) in [6, 6.07) is 0. The van der Waals surface area contributed by atoms with E-state index < -0.39 is 5.97 Å². The van der Waals surface area contributed by atoms with Gasteiger partial charge in [0, 0.05) is 45.7 Å². The van der Waals surface area contributed by atoms with E-state index >= 15 is 0 Å². The van der Waals surface area contributed by atoms with Crippen molar-refractivity contribution in [2.75, 3.05) is 39.3 Å². The number of hydrogen-bond donors (Lipinski definition) is 1. The van der Waals surface area contributed by atoms with Crippen molar-refractivity contribution >= 4 is 5.97 Å². The zero-order valence-corrected chi connectivity index (χ0v) is 18.8. The Hall–Kier alpha value is -0.610. The summed E-state index contributed by atoms with van der Waals surface area (Å²) in [5.41, 5.74) is 0.